The molecule has 164 valence electrons. The van der Waals surface area contributed by atoms with E-state index in [1.165, 1.54) is 24.3 Å². The van der Waals surface area contributed by atoms with E-state index in [0.717, 1.165) is 11.3 Å². The first-order valence-corrected chi connectivity index (χ1v) is 9.67. The van der Waals surface area contributed by atoms with E-state index in [2.05, 4.69) is 5.32 Å². The Bertz CT molecular complexity index is 972. The summed E-state index contributed by atoms with van der Waals surface area (Å²) < 4.78 is 15.9. The minimum absolute atomic E-state index is 0.0330. The number of benzene rings is 2. The second-order valence-electron chi connectivity index (χ2n) is 7.22. The standard InChI is InChI=1S/C22H25N3O6/c1-24(2)20(15-4-7-19(29-3)8-5-15)12-23-21(26)9-6-16-10-18(25(27)28)11-17-13-30-14-31-22(16)17/h4-11,20H,12-14H2,1-3H3,(H,23,26)/b9-6+. The summed E-state index contributed by atoms with van der Waals surface area (Å²) in [5, 5.41) is 14.1. The van der Waals surface area contributed by atoms with Crippen LogP contribution < -0.4 is 14.8 Å². The molecule has 2 aromatic rings. The maximum Gasteiger partial charge on any atom is 0.270 e. The zero-order valence-electron chi connectivity index (χ0n) is 17.7. The van der Waals surface area contributed by atoms with Crippen molar-refractivity contribution in [3.05, 3.63) is 69.3 Å². The molecule has 0 bridgehead atoms. The number of rotatable bonds is 8. The molecular formula is C22H25N3O6. The Morgan fingerprint density at radius 2 is 2.06 bits per heavy atom. The lowest BCUT2D eigenvalue weighted by Crippen LogP contribution is -2.33. The van der Waals surface area contributed by atoms with E-state index < -0.39 is 4.92 Å². The number of fused-ring (bicyclic) bond motifs is 1. The molecule has 9 heteroatoms. The van der Waals surface area contributed by atoms with Crippen LogP contribution >= 0.6 is 0 Å². The van der Waals surface area contributed by atoms with Gasteiger partial charge in [0.25, 0.3) is 5.69 Å². The molecule has 0 radical (unpaired) electrons. The summed E-state index contributed by atoms with van der Waals surface area (Å²) in [5.74, 6) is 0.944. The van der Waals surface area contributed by atoms with Gasteiger partial charge in [-0.2, -0.15) is 0 Å². The minimum Gasteiger partial charge on any atom is -0.497 e. The lowest BCUT2D eigenvalue weighted by atomic mass is 10.1. The van der Waals surface area contributed by atoms with Crippen LogP contribution in [0, 0.1) is 10.1 Å². The van der Waals surface area contributed by atoms with Crippen LogP contribution in [0.2, 0.25) is 0 Å². The van der Waals surface area contributed by atoms with Gasteiger partial charge in [0.05, 0.1) is 24.7 Å². The number of hydrogen-bond donors (Lipinski definition) is 1. The van der Waals surface area contributed by atoms with Crippen molar-refractivity contribution < 1.29 is 23.9 Å². The Morgan fingerprint density at radius 1 is 1.32 bits per heavy atom. The zero-order chi connectivity index (χ0) is 22.4. The second kappa shape index (κ2) is 10.1. The average Bonchev–Trinajstić information content (AvgIpc) is 2.77. The SMILES string of the molecule is COc1ccc(C(CNC(=O)/C=C/c2cc([N+](=O)[O-])cc3c2OCOC3)N(C)C)cc1. The molecule has 1 N–H and O–H groups in total. The molecule has 0 fully saturated rings. The predicted octanol–water partition coefficient (Wildman–Crippen LogP) is 2.90. The lowest BCUT2D eigenvalue weighted by Gasteiger charge is -2.25. The Hall–Kier alpha value is -3.43. The van der Waals surface area contributed by atoms with E-state index in [9.17, 15) is 14.9 Å². The van der Waals surface area contributed by atoms with Crippen LogP contribution in [0.15, 0.2) is 42.5 Å². The van der Waals surface area contributed by atoms with Gasteiger partial charge in [-0.05, 0) is 37.9 Å². The van der Waals surface area contributed by atoms with Crippen molar-refractivity contribution in [3.8, 4) is 11.5 Å². The van der Waals surface area contributed by atoms with Gasteiger partial charge < -0.3 is 24.4 Å². The van der Waals surface area contributed by atoms with Crippen LogP contribution in [0.4, 0.5) is 5.69 Å². The third-order valence-electron chi connectivity index (χ3n) is 4.94. The third-order valence-corrected chi connectivity index (χ3v) is 4.94. The largest absolute Gasteiger partial charge is 0.497 e. The summed E-state index contributed by atoms with van der Waals surface area (Å²) in [6, 6.07) is 10.4. The molecule has 0 aliphatic carbocycles. The third kappa shape index (κ3) is 5.59. The van der Waals surface area contributed by atoms with E-state index in [-0.39, 0.29) is 31.0 Å². The van der Waals surface area contributed by atoms with Gasteiger partial charge >= 0.3 is 0 Å². The number of amides is 1. The quantitative estimate of drug-likeness (QED) is 0.392. The summed E-state index contributed by atoms with van der Waals surface area (Å²) in [7, 11) is 5.49. The number of hydrogen-bond acceptors (Lipinski definition) is 7. The molecule has 1 amide bonds. The van der Waals surface area contributed by atoms with Gasteiger partial charge in [0.1, 0.15) is 11.5 Å². The number of nitrogens with zero attached hydrogens (tertiary/aromatic N) is 2. The molecule has 1 heterocycles. The molecule has 0 saturated carbocycles. The number of ether oxygens (including phenoxy) is 3. The van der Waals surface area contributed by atoms with Crippen molar-refractivity contribution in [2.75, 3.05) is 34.5 Å². The van der Waals surface area contributed by atoms with Gasteiger partial charge in [0.15, 0.2) is 6.79 Å². The average molecular weight is 427 g/mol. The topological polar surface area (TPSA) is 103 Å². The number of likely N-dealkylation sites (N-methyl/N-ethyl adjacent to an activating group) is 1. The molecule has 9 nitrogen and oxygen atoms in total. The van der Waals surface area contributed by atoms with E-state index in [1.54, 1.807) is 7.11 Å². The van der Waals surface area contributed by atoms with Crippen LogP contribution in [-0.2, 0) is 16.1 Å². The van der Waals surface area contributed by atoms with Gasteiger partial charge in [0.2, 0.25) is 5.91 Å². The molecule has 1 aliphatic heterocycles. The smallest absolute Gasteiger partial charge is 0.270 e. The number of nitrogens with one attached hydrogen (secondary N) is 1. The Balaban J connectivity index is 1.71. The first-order chi connectivity index (χ1) is 14.9. The molecule has 0 saturated heterocycles. The molecule has 3 rings (SSSR count). The Kier molecular flexibility index (Phi) is 7.22. The molecule has 1 aliphatic rings. The maximum atomic E-state index is 12.4. The minimum atomic E-state index is -0.483. The van der Waals surface area contributed by atoms with Crippen molar-refractivity contribution in [1.82, 2.24) is 10.2 Å². The fourth-order valence-corrected chi connectivity index (χ4v) is 3.31. The molecule has 1 atom stereocenters. The van der Waals surface area contributed by atoms with Crippen molar-refractivity contribution in [3.63, 3.8) is 0 Å². The number of nitro groups is 1. The first-order valence-electron chi connectivity index (χ1n) is 9.67. The molecule has 0 spiro atoms. The van der Waals surface area contributed by atoms with Gasteiger partial charge in [-0.15, -0.1) is 0 Å². The molecular weight excluding hydrogens is 402 g/mol. The van der Waals surface area contributed by atoms with Crippen molar-refractivity contribution in [2.45, 2.75) is 12.6 Å². The predicted molar refractivity (Wildman–Crippen MR) is 115 cm³/mol. The number of carbonyl (C=O) groups is 1. The fraction of sp³-hybridized carbons (Fsp3) is 0.318. The maximum absolute atomic E-state index is 12.4. The summed E-state index contributed by atoms with van der Waals surface area (Å²) in [4.78, 5) is 25.2. The van der Waals surface area contributed by atoms with Gasteiger partial charge in [-0.1, -0.05) is 12.1 Å². The lowest BCUT2D eigenvalue weighted by molar-refractivity contribution is -0.385. The highest BCUT2D eigenvalue weighted by molar-refractivity contribution is 5.92. The highest BCUT2D eigenvalue weighted by Crippen LogP contribution is 2.33. The number of methoxy groups -OCH3 is 1. The second-order valence-corrected chi connectivity index (χ2v) is 7.22. The van der Waals surface area contributed by atoms with Crippen molar-refractivity contribution in [2.24, 2.45) is 0 Å². The van der Waals surface area contributed by atoms with Crippen LogP contribution in [0.1, 0.15) is 22.7 Å². The van der Waals surface area contributed by atoms with E-state index in [1.807, 2.05) is 43.3 Å². The summed E-state index contributed by atoms with van der Waals surface area (Å²) in [5.41, 5.74) is 1.99. The number of carbonyl (C=O) groups excluding carboxylic acids is 1. The number of nitro benzene ring substituents is 1. The van der Waals surface area contributed by atoms with Crippen molar-refractivity contribution >= 4 is 17.7 Å². The fourth-order valence-electron chi connectivity index (χ4n) is 3.31. The Labute approximate surface area is 180 Å². The molecule has 2 aromatic carbocycles. The molecule has 31 heavy (non-hydrogen) atoms. The number of non-ortho nitro benzene ring substituents is 1. The highest BCUT2D eigenvalue weighted by Gasteiger charge is 2.20. The zero-order valence-corrected chi connectivity index (χ0v) is 17.7. The van der Waals surface area contributed by atoms with E-state index >= 15 is 0 Å². The molecule has 0 aromatic heterocycles. The van der Waals surface area contributed by atoms with Gasteiger partial charge in [-0.3, -0.25) is 14.9 Å². The summed E-state index contributed by atoms with van der Waals surface area (Å²) >= 11 is 0. The van der Waals surface area contributed by atoms with Crippen molar-refractivity contribution in [1.29, 1.82) is 0 Å². The van der Waals surface area contributed by atoms with Crippen LogP contribution in [0.25, 0.3) is 6.08 Å². The van der Waals surface area contributed by atoms with E-state index in [4.69, 9.17) is 14.2 Å². The van der Waals surface area contributed by atoms with Crippen LogP contribution in [0.5, 0.6) is 11.5 Å². The molecule has 1 unspecified atom stereocenters. The first kappa shape index (κ1) is 22.3. The highest BCUT2D eigenvalue weighted by atomic mass is 16.7. The van der Waals surface area contributed by atoms with E-state index in [0.29, 0.717) is 23.4 Å². The van der Waals surface area contributed by atoms with Crippen LogP contribution in [0.3, 0.4) is 0 Å². The summed E-state index contributed by atoms with van der Waals surface area (Å²) in [6.45, 7) is 0.667. The van der Waals surface area contributed by atoms with Crippen LogP contribution in [-0.4, -0.2) is 50.3 Å². The summed E-state index contributed by atoms with van der Waals surface area (Å²) in [6.07, 6.45) is 2.86. The van der Waals surface area contributed by atoms with Gasteiger partial charge in [-0.25, -0.2) is 0 Å². The monoisotopic (exact) mass is 427 g/mol. The normalized spacial score (nSPS) is 14.1. The van der Waals surface area contributed by atoms with Gasteiger partial charge in [0, 0.05) is 35.9 Å². The Morgan fingerprint density at radius 3 is 2.71 bits per heavy atom.